The minimum atomic E-state index is -0.0720. The predicted molar refractivity (Wildman–Crippen MR) is 111 cm³/mol. The second-order valence-corrected chi connectivity index (χ2v) is 7.98. The van der Waals surface area contributed by atoms with E-state index >= 15 is 0 Å². The van der Waals surface area contributed by atoms with Crippen molar-refractivity contribution in [3.8, 4) is 0 Å². The lowest BCUT2D eigenvalue weighted by Gasteiger charge is -2.29. The van der Waals surface area contributed by atoms with Crippen LogP contribution in [-0.2, 0) is 4.79 Å². The molecule has 0 heterocycles. The topological polar surface area (TPSA) is 37.4 Å². The van der Waals surface area contributed by atoms with Crippen LogP contribution in [0.15, 0.2) is 48.5 Å². The van der Waals surface area contributed by atoms with E-state index in [4.69, 9.17) is 11.6 Å². The minimum Gasteiger partial charge on any atom is -0.378 e. The van der Waals surface area contributed by atoms with Crippen molar-refractivity contribution in [2.24, 2.45) is 5.92 Å². The molecule has 1 aliphatic carbocycles. The highest BCUT2D eigenvalue weighted by molar-refractivity contribution is 6.30. The number of halogens is 1. The maximum absolute atomic E-state index is 12.9. The Morgan fingerprint density at radius 3 is 2.33 bits per heavy atom. The first-order valence-electron chi connectivity index (χ1n) is 9.54. The first kappa shape index (κ1) is 19.6. The maximum Gasteiger partial charge on any atom is 0.163 e. The first-order valence-corrected chi connectivity index (χ1v) is 9.92. The molecule has 3 rings (SSSR count). The highest BCUT2D eigenvalue weighted by atomic mass is 35.5. The lowest BCUT2D eigenvalue weighted by atomic mass is 9.73. The van der Waals surface area contributed by atoms with Gasteiger partial charge >= 0.3 is 0 Å². The van der Waals surface area contributed by atoms with Gasteiger partial charge in [-0.1, -0.05) is 30.2 Å². The number of anilines is 1. The van der Waals surface area contributed by atoms with Crippen LogP contribution < -0.4 is 4.90 Å². The van der Waals surface area contributed by atoms with Crippen molar-refractivity contribution < 1.29 is 9.59 Å². The molecule has 0 N–H and O–H groups in total. The summed E-state index contributed by atoms with van der Waals surface area (Å²) in [6.45, 7) is 0. The lowest BCUT2D eigenvalue weighted by molar-refractivity contribution is -0.125. The van der Waals surface area contributed by atoms with Crippen molar-refractivity contribution in [1.29, 1.82) is 0 Å². The quantitative estimate of drug-likeness (QED) is 0.616. The van der Waals surface area contributed by atoms with Crippen LogP contribution in [0.1, 0.15) is 53.9 Å². The number of rotatable bonds is 6. The minimum absolute atomic E-state index is 0.0618. The zero-order valence-corrected chi connectivity index (χ0v) is 16.7. The molecular formula is C23H26ClNO2. The molecule has 3 nitrogen and oxygen atoms in total. The van der Waals surface area contributed by atoms with Gasteiger partial charge in [-0.05, 0) is 54.8 Å². The lowest BCUT2D eigenvalue weighted by Crippen LogP contribution is -2.27. The van der Waals surface area contributed by atoms with E-state index < -0.39 is 0 Å². The Labute approximate surface area is 166 Å². The van der Waals surface area contributed by atoms with Gasteiger partial charge in [0.05, 0.1) is 0 Å². The van der Waals surface area contributed by atoms with Crippen molar-refractivity contribution in [3.63, 3.8) is 0 Å². The summed E-state index contributed by atoms with van der Waals surface area (Å²) in [4.78, 5) is 27.6. The average molecular weight is 384 g/mol. The number of Topliss-reactive ketones (excluding diaryl/α,β-unsaturated/α-hetero) is 2. The Morgan fingerprint density at radius 1 is 1.07 bits per heavy atom. The van der Waals surface area contributed by atoms with Crippen LogP contribution in [-0.4, -0.2) is 25.7 Å². The molecule has 27 heavy (non-hydrogen) atoms. The summed E-state index contributed by atoms with van der Waals surface area (Å²) in [6.07, 6.45) is 3.86. The summed E-state index contributed by atoms with van der Waals surface area (Å²) >= 11 is 5.94. The van der Waals surface area contributed by atoms with Crippen LogP contribution in [0.5, 0.6) is 0 Å². The smallest absolute Gasteiger partial charge is 0.163 e. The third-order valence-electron chi connectivity index (χ3n) is 5.50. The Morgan fingerprint density at radius 2 is 1.74 bits per heavy atom. The molecule has 0 spiro atoms. The molecule has 0 aliphatic heterocycles. The molecule has 142 valence electrons. The fourth-order valence-electron chi connectivity index (χ4n) is 3.90. The Kier molecular flexibility index (Phi) is 6.33. The third kappa shape index (κ3) is 4.78. The number of nitrogens with zero attached hydrogens (tertiary/aromatic N) is 1. The summed E-state index contributed by atoms with van der Waals surface area (Å²) in [6, 6.07) is 15.3. The zero-order chi connectivity index (χ0) is 19.4. The summed E-state index contributed by atoms with van der Waals surface area (Å²) in [5.41, 5.74) is 2.83. The van der Waals surface area contributed by atoms with Crippen LogP contribution in [0, 0.1) is 5.92 Å². The summed E-state index contributed by atoms with van der Waals surface area (Å²) in [5, 5.41) is 0.616. The molecule has 0 radical (unpaired) electrons. The summed E-state index contributed by atoms with van der Waals surface area (Å²) < 4.78 is 0. The molecule has 2 aromatic rings. The largest absolute Gasteiger partial charge is 0.378 e. The standard InChI is InChI=1S/C23H26ClNO2/c1-25(2)19-13-9-16(10-14-19)21(20-5-3-4-6-22(20)26)15-23(27)17-7-11-18(24)12-8-17/h7-14,20-21H,3-6,15H2,1-2H3. The predicted octanol–water partition coefficient (Wildman–Crippen LogP) is 5.52. The van der Waals surface area contributed by atoms with Gasteiger partial charge in [-0.3, -0.25) is 9.59 Å². The third-order valence-corrected chi connectivity index (χ3v) is 5.75. The molecular weight excluding hydrogens is 358 g/mol. The maximum atomic E-state index is 12.9. The van der Waals surface area contributed by atoms with Gasteiger partial charge in [-0.25, -0.2) is 0 Å². The SMILES string of the molecule is CN(C)c1ccc(C(CC(=O)c2ccc(Cl)cc2)C2CCCCC2=O)cc1. The summed E-state index contributed by atoms with van der Waals surface area (Å²) in [5.74, 6) is 0.218. The van der Waals surface area contributed by atoms with Gasteiger partial charge in [0.25, 0.3) is 0 Å². The normalized spacial score (nSPS) is 18.2. The van der Waals surface area contributed by atoms with E-state index in [0.717, 1.165) is 30.5 Å². The van der Waals surface area contributed by atoms with Crippen molar-refractivity contribution in [3.05, 3.63) is 64.7 Å². The van der Waals surface area contributed by atoms with Crippen molar-refractivity contribution in [1.82, 2.24) is 0 Å². The second-order valence-electron chi connectivity index (χ2n) is 7.55. The number of carbonyl (C=O) groups is 2. The van der Waals surface area contributed by atoms with Gasteiger partial charge < -0.3 is 4.90 Å². The van der Waals surface area contributed by atoms with Gasteiger partial charge in [0.2, 0.25) is 0 Å². The Balaban J connectivity index is 1.88. The molecule has 1 saturated carbocycles. The number of ketones is 2. The molecule has 1 fully saturated rings. The van der Waals surface area contributed by atoms with Crippen LogP contribution >= 0.6 is 11.6 Å². The van der Waals surface area contributed by atoms with Crippen LogP contribution in [0.25, 0.3) is 0 Å². The average Bonchev–Trinajstić information content (AvgIpc) is 2.67. The second kappa shape index (κ2) is 8.71. The molecule has 0 aromatic heterocycles. The Hall–Kier alpha value is -2.13. The van der Waals surface area contributed by atoms with Crippen LogP contribution in [0.2, 0.25) is 5.02 Å². The van der Waals surface area contributed by atoms with Gasteiger partial charge in [0.15, 0.2) is 5.78 Å². The van der Waals surface area contributed by atoms with Gasteiger partial charge in [-0.15, -0.1) is 0 Å². The van der Waals surface area contributed by atoms with E-state index in [1.807, 2.05) is 19.0 Å². The summed E-state index contributed by atoms with van der Waals surface area (Å²) in [7, 11) is 4.00. The van der Waals surface area contributed by atoms with Crippen molar-refractivity contribution in [2.75, 3.05) is 19.0 Å². The fraction of sp³-hybridized carbons (Fsp3) is 0.391. The molecule has 1 aliphatic rings. The Bertz CT molecular complexity index is 796. The number of hydrogen-bond donors (Lipinski definition) is 0. The zero-order valence-electron chi connectivity index (χ0n) is 16.0. The van der Waals surface area contributed by atoms with Gasteiger partial charge in [0, 0.05) is 55.0 Å². The van der Waals surface area contributed by atoms with Crippen molar-refractivity contribution in [2.45, 2.75) is 38.0 Å². The van der Waals surface area contributed by atoms with E-state index in [1.165, 1.54) is 0 Å². The molecule has 2 aromatic carbocycles. The van der Waals surface area contributed by atoms with E-state index in [2.05, 4.69) is 24.3 Å². The van der Waals surface area contributed by atoms with Crippen molar-refractivity contribution >= 4 is 28.9 Å². The van der Waals surface area contributed by atoms with E-state index in [9.17, 15) is 9.59 Å². The highest BCUT2D eigenvalue weighted by Gasteiger charge is 2.33. The van der Waals surface area contributed by atoms with Crippen LogP contribution in [0.3, 0.4) is 0 Å². The number of benzene rings is 2. The van der Waals surface area contributed by atoms with E-state index in [-0.39, 0.29) is 17.6 Å². The molecule has 2 atom stereocenters. The van der Waals surface area contributed by atoms with E-state index in [1.54, 1.807) is 24.3 Å². The molecule has 0 bridgehead atoms. The van der Waals surface area contributed by atoms with Gasteiger partial charge in [-0.2, -0.15) is 0 Å². The van der Waals surface area contributed by atoms with Crippen LogP contribution in [0.4, 0.5) is 5.69 Å². The molecule has 4 heteroatoms. The molecule has 0 amide bonds. The number of carbonyl (C=O) groups excluding carboxylic acids is 2. The molecule has 2 unspecified atom stereocenters. The fourth-order valence-corrected chi connectivity index (χ4v) is 4.03. The highest BCUT2D eigenvalue weighted by Crippen LogP contribution is 2.37. The van der Waals surface area contributed by atoms with Gasteiger partial charge in [0.1, 0.15) is 5.78 Å². The van der Waals surface area contributed by atoms with E-state index in [0.29, 0.717) is 29.2 Å². The number of hydrogen-bond acceptors (Lipinski definition) is 3. The first-order chi connectivity index (χ1) is 13.0. The monoisotopic (exact) mass is 383 g/mol. The molecule has 0 saturated heterocycles.